The largest absolute Gasteiger partial charge is 0.289 e. The van der Waals surface area contributed by atoms with Crippen LogP contribution in [-0.2, 0) is 0 Å². The SMILES string of the molecule is Cc1cc(Cl)cc(C(=O)/C2=C/CCCCCC2)c1. The third kappa shape index (κ3) is 3.46. The first-order chi connectivity index (χ1) is 8.66. The van der Waals surface area contributed by atoms with Crippen LogP contribution in [0.4, 0.5) is 0 Å². The first-order valence-electron chi connectivity index (χ1n) is 6.68. The van der Waals surface area contributed by atoms with Gasteiger partial charge in [0.05, 0.1) is 0 Å². The smallest absolute Gasteiger partial charge is 0.188 e. The van der Waals surface area contributed by atoms with Crippen LogP contribution in [0.5, 0.6) is 0 Å². The summed E-state index contributed by atoms with van der Waals surface area (Å²) in [5, 5.41) is 0.643. The van der Waals surface area contributed by atoms with E-state index < -0.39 is 0 Å². The highest BCUT2D eigenvalue weighted by Crippen LogP contribution is 2.23. The van der Waals surface area contributed by atoms with Crippen molar-refractivity contribution in [1.82, 2.24) is 0 Å². The summed E-state index contributed by atoms with van der Waals surface area (Å²) in [6, 6.07) is 5.58. The molecule has 18 heavy (non-hydrogen) atoms. The zero-order valence-corrected chi connectivity index (χ0v) is 11.6. The fourth-order valence-electron chi connectivity index (χ4n) is 2.45. The number of carbonyl (C=O) groups is 1. The molecule has 0 fully saturated rings. The van der Waals surface area contributed by atoms with Gasteiger partial charge in [0.2, 0.25) is 0 Å². The van der Waals surface area contributed by atoms with Crippen LogP contribution >= 0.6 is 11.6 Å². The van der Waals surface area contributed by atoms with Gasteiger partial charge in [-0.2, -0.15) is 0 Å². The van der Waals surface area contributed by atoms with Crippen molar-refractivity contribution in [2.45, 2.75) is 45.4 Å². The van der Waals surface area contributed by atoms with E-state index >= 15 is 0 Å². The van der Waals surface area contributed by atoms with Crippen molar-refractivity contribution < 1.29 is 4.79 Å². The van der Waals surface area contributed by atoms with Gasteiger partial charge in [-0.1, -0.05) is 30.5 Å². The maximum atomic E-state index is 12.4. The maximum absolute atomic E-state index is 12.4. The number of benzene rings is 1. The molecule has 0 aromatic heterocycles. The van der Waals surface area contributed by atoms with Gasteiger partial charge >= 0.3 is 0 Å². The Morgan fingerprint density at radius 2 is 1.89 bits per heavy atom. The first-order valence-corrected chi connectivity index (χ1v) is 7.05. The third-order valence-corrected chi connectivity index (χ3v) is 3.61. The Hall–Kier alpha value is -1.08. The molecule has 1 aromatic carbocycles. The Labute approximate surface area is 114 Å². The van der Waals surface area contributed by atoms with E-state index in [4.69, 9.17) is 11.6 Å². The molecule has 1 nitrogen and oxygen atoms in total. The van der Waals surface area contributed by atoms with Crippen LogP contribution in [0.25, 0.3) is 0 Å². The maximum Gasteiger partial charge on any atom is 0.188 e. The average Bonchev–Trinajstić information content (AvgIpc) is 2.26. The molecule has 0 aliphatic heterocycles. The van der Waals surface area contributed by atoms with Gasteiger partial charge in [-0.15, -0.1) is 0 Å². The molecule has 1 aliphatic rings. The minimum Gasteiger partial charge on any atom is -0.289 e. The van der Waals surface area contributed by atoms with E-state index in [1.54, 1.807) is 6.07 Å². The van der Waals surface area contributed by atoms with Gasteiger partial charge in [-0.3, -0.25) is 4.79 Å². The summed E-state index contributed by atoms with van der Waals surface area (Å²) < 4.78 is 0. The van der Waals surface area contributed by atoms with Gasteiger partial charge in [-0.05, 0) is 61.9 Å². The second-order valence-corrected chi connectivity index (χ2v) is 5.47. The van der Waals surface area contributed by atoms with E-state index in [1.807, 2.05) is 19.1 Å². The number of hydrogen-bond acceptors (Lipinski definition) is 1. The number of Topliss-reactive ketones (excluding diaryl/α,β-unsaturated/α-hetero) is 1. The Balaban J connectivity index is 2.23. The van der Waals surface area contributed by atoms with E-state index in [0.29, 0.717) is 5.02 Å². The molecule has 0 radical (unpaired) electrons. The van der Waals surface area contributed by atoms with Crippen LogP contribution in [0.2, 0.25) is 5.02 Å². The molecule has 1 aromatic rings. The minimum absolute atomic E-state index is 0.155. The average molecular weight is 263 g/mol. The van der Waals surface area contributed by atoms with E-state index in [2.05, 4.69) is 6.08 Å². The summed E-state index contributed by atoms with van der Waals surface area (Å²) in [6.07, 6.45) is 8.90. The summed E-state index contributed by atoms with van der Waals surface area (Å²) in [4.78, 5) is 12.4. The van der Waals surface area contributed by atoms with Crippen LogP contribution in [0.1, 0.15) is 54.4 Å². The van der Waals surface area contributed by atoms with Crippen LogP contribution in [0.3, 0.4) is 0 Å². The first kappa shape index (κ1) is 13.4. The zero-order valence-electron chi connectivity index (χ0n) is 10.8. The van der Waals surface area contributed by atoms with Crippen molar-refractivity contribution >= 4 is 17.4 Å². The van der Waals surface area contributed by atoms with Crippen molar-refractivity contribution in [3.63, 3.8) is 0 Å². The van der Waals surface area contributed by atoms with Gasteiger partial charge in [0.15, 0.2) is 5.78 Å². The molecule has 0 heterocycles. The second-order valence-electron chi connectivity index (χ2n) is 5.03. The van der Waals surface area contributed by atoms with Crippen molar-refractivity contribution in [2.75, 3.05) is 0 Å². The van der Waals surface area contributed by atoms with Crippen molar-refractivity contribution in [3.8, 4) is 0 Å². The molecule has 0 bridgehead atoms. The van der Waals surface area contributed by atoms with E-state index in [1.165, 1.54) is 19.3 Å². The van der Waals surface area contributed by atoms with Gasteiger partial charge in [0.25, 0.3) is 0 Å². The van der Waals surface area contributed by atoms with Crippen LogP contribution in [-0.4, -0.2) is 5.78 Å². The lowest BCUT2D eigenvalue weighted by atomic mass is 9.93. The van der Waals surface area contributed by atoms with Gasteiger partial charge in [0, 0.05) is 10.6 Å². The molecule has 0 saturated carbocycles. The lowest BCUT2D eigenvalue weighted by Crippen LogP contribution is -2.05. The zero-order chi connectivity index (χ0) is 13.0. The van der Waals surface area contributed by atoms with Crippen LogP contribution in [0, 0.1) is 6.92 Å². The van der Waals surface area contributed by atoms with Crippen LogP contribution in [0.15, 0.2) is 29.8 Å². The van der Waals surface area contributed by atoms with Crippen molar-refractivity contribution in [1.29, 1.82) is 0 Å². The quantitative estimate of drug-likeness (QED) is 0.677. The normalized spacial score (nSPS) is 19.6. The highest BCUT2D eigenvalue weighted by Gasteiger charge is 2.14. The minimum atomic E-state index is 0.155. The summed E-state index contributed by atoms with van der Waals surface area (Å²) in [7, 11) is 0. The number of rotatable bonds is 2. The summed E-state index contributed by atoms with van der Waals surface area (Å²) in [6.45, 7) is 1.97. The molecule has 0 atom stereocenters. The Kier molecular flexibility index (Phi) is 4.60. The monoisotopic (exact) mass is 262 g/mol. The molecular formula is C16H19ClO. The molecule has 0 N–H and O–H groups in total. The molecule has 2 rings (SSSR count). The highest BCUT2D eigenvalue weighted by molar-refractivity contribution is 6.31. The summed E-state index contributed by atoms with van der Waals surface area (Å²) >= 11 is 6.02. The molecule has 2 heteroatoms. The van der Waals surface area contributed by atoms with Crippen molar-refractivity contribution in [3.05, 3.63) is 46.0 Å². The second kappa shape index (κ2) is 6.19. The number of allylic oxidation sites excluding steroid dienone is 2. The molecule has 1 aliphatic carbocycles. The molecule has 0 saturated heterocycles. The van der Waals surface area contributed by atoms with E-state index in [9.17, 15) is 4.79 Å². The molecule has 96 valence electrons. The molecule has 0 spiro atoms. The standard InChI is InChI=1S/C16H19ClO/c1-12-9-14(11-15(17)10-12)16(18)13-7-5-3-2-4-6-8-13/h7,9-11H,2-6,8H2,1H3/b13-7+. The highest BCUT2D eigenvalue weighted by atomic mass is 35.5. The number of halogens is 1. The predicted molar refractivity (Wildman–Crippen MR) is 76.3 cm³/mol. The molecule has 0 unspecified atom stereocenters. The van der Waals surface area contributed by atoms with Crippen LogP contribution < -0.4 is 0 Å². The lowest BCUT2D eigenvalue weighted by Gasteiger charge is -2.11. The number of carbonyl (C=O) groups excluding carboxylic acids is 1. The number of aryl methyl sites for hydroxylation is 1. The molecular weight excluding hydrogens is 244 g/mol. The Morgan fingerprint density at radius 1 is 1.11 bits per heavy atom. The fourth-order valence-corrected chi connectivity index (χ4v) is 2.74. The van der Waals surface area contributed by atoms with E-state index in [-0.39, 0.29) is 5.78 Å². The summed E-state index contributed by atoms with van der Waals surface area (Å²) in [5.41, 5.74) is 2.74. The Morgan fingerprint density at radius 3 is 2.67 bits per heavy atom. The third-order valence-electron chi connectivity index (χ3n) is 3.39. The topological polar surface area (TPSA) is 17.1 Å². The number of hydrogen-bond donors (Lipinski definition) is 0. The lowest BCUT2D eigenvalue weighted by molar-refractivity contribution is 0.102. The number of ketones is 1. The van der Waals surface area contributed by atoms with Crippen molar-refractivity contribution in [2.24, 2.45) is 0 Å². The predicted octanol–water partition coefficient (Wildman–Crippen LogP) is 5.11. The molecule has 0 amide bonds. The van der Waals surface area contributed by atoms with E-state index in [0.717, 1.165) is 36.0 Å². The Bertz CT molecular complexity index is 454. The fraction of sp³-hybridized carbons (Fsp3) is 0.438. The van der Waals surface area contributed by atoms with Gasteiger partial charge in [0.1, 0.15) is 0 Å². The van der Waals surface area contributed by atoms with Gasteiger partial charge in [-0.25, -0.2) is 0 Å². The summed E-state index contributed by atoms with van der Waals surface area (Å²) in [5.74, 6) is 0.155. The van der Waals surface area contributed by atoms with Gasteiger partial charge < -0.3 is 0 Å².